The molecular formula is C12H13N5O2. The number of nitrogens with zero attached hydrogens (tertiary/aromatic N) is 2. The van der Waals surface area contributed by atoms with Gasteiger partial charge in [-0.15, -0.1) is 0 Å². The molecule has 0 bridgehead atoms. The Hall–Kier alpha value is -2.70. The Bertz CT molecular complexity index is 642. The summed E-state index contributed by atoms with van der Waals surface area (Å²) in [4.78, 5) is 27.0. The number of carbonyl (C=O) groups excluding carboxylic acids is 1. The third-order valence-electron chi connectivity index (χ3n) is 2.50. The molecule has 0 aromatic carbocycles. The highest BCUT2D eigenvalue weighted by molar-refractivity contribution is 5.82. The van der Waals surface area contributed by atoms with Crippen molar-refractivity contribution in [3.63, 3.8) is 0 Å². The third kappa shape index (κ3) is 3.38. The van der Waals surface area contributed by atoms with Crippen LogP contribution in [0.25, 0.3) is 0 Å². The van der Waals surface area contributed by atoms with E-state index in [4.69, 9.17) is 0 Å². The molecule has 3 N–H and O–H groups in total. The van der Waals surface area contributed by atoms with Gasteiger partial charge in [0.05, 0.1) is 18.3 Å². The monoisotopic (exact) mass is 259 g/mol. The number of pyridine rings is 1. The van der Waals surface area contributed by atoms with Gasteiger partial charge in [0.2, 0.25) is 5.91 Å². The van der Waals surface area contributed by atoms with E-state index in [1.165, 1.54) is 6.21 Å². The number of amides is 1. The highest BCUT2D eigenvalue weighted by Crippen LogP contribution is 1.97. The molecule has 0 fully saturated rings. The summed E-state index contributed by atoms with van der Waals surface area (Å²) in [6, 6.07) is 5.37. The number of H-pyrrole nitrogens is 2. The Kier molecular flexibility index (Phi) is 3.87. The Morgan fingerprint density at radius 2 is 2.32 bits per heavy atom. The standard InChI is InChI=1S/C12H13N5O2/c1-8-10(12(19)17-15-8)6-11(18)16-14-7-9-4-2-3-5-13-9/h2-5,7H,6H2,1H3,(H,16,18)(H2,15,17,19)/b14-7+. The lowest BCUT2D eigenvalue weighted by molar-refractivity contribution is -0.120. The quantitative estimate of drug-likeness (QED) is 0.536. The summed E-state index contributed by atoms with van der Waals surface area (Å²) in [7, 11) is 0. The molecule has 0 aliphatic heterocycles. The number of aromatic amines is 2. The summed E-state index contributed by atoms with van der Waals surface area (Å²) in [5.41, 5.74) is 3.75. The molecule has 7 heteroatoms. The lowest BCUT2D eigenvalue weighted by Gasteiger charge is -1.97. The fourth-order valence-corrected chi connectivity index (χ4v) is 1.51. The van der Waals surface area contributed by atoms with Gasteiger partial charge in [0.15, 0.2) is 0 Å². The van der Waals surface area contributed by atoms with Crippen LogP contribution in [-0.2, 0) is 11.2 Å². The first kappa shape index (κ1) is 12.7. The predicted octanol–water partition coefficient (Wildman–Crippen LogP) is 0.0992. The van der Waals surface area contributed by atoms with Crippen LogP contribution in [0.15, 0.2) is 34.3 Å². The minimum Gasteiger partial charge on any atom is -0.302 e. The van der Waals surface area contributed by atoms with E-state index in [-0.39, 0.29) is 17.9 Å². The molecule has 7 nitrogen and oxygen atoms in total. The summed E-state index contributed by atoms with van der Waals surface area (Å²) in [6.07, 6.45) is 3.04. The number of aromatic nitrogens is 3. The minimum absolute atomic E-state index is 0.0236. The first-order chi connectivity index (χ1) is 9.16. The second-order valence-electron chi connectivity index (χ2n) is 3.91. The van der Waals surface area contributed by atoms with Gasteiger partial charge >= 0.3 is 0 Å². The van der Waals surface area contributed by atoms with Crippen LogP contribution >= 0.6 is 0 Å². The van der Waals surface area contributed by atoms with Crippen LogP contribution in [0.2, 0.25) is 0 Å². The maximum atomic E-state index is 11.6. The molecule has 98 valence electrons. The molecule has 2 aromatic heterocycles. The molecular weight excluding hydrogens is 246 g/mol. The number of hydrogen-bond donors (Lipinski definition) is 3. The average molecular weight is 259 g/mol. The smallest absolute Gasteiger partial charge is 0.267 e. The molecule has 0 unspecified atom stereocenters. The molecule has 2 heterocycles. The largest absolute Gasteiger partial charge is 0.302 e. The van der Waals surface area contributed by atoms with Crippen molar-refractivity contribution >= 4 is 12.1 Å². The van der Waals surface area contributed by atoms with Gasteiger partial charge in [-0.2, -0.15) is 5.10 Å². The molecule has 0 saturated heterocycles. The average Bonchev–Trinajstić information content (AvgIpc) is 2.72. The molecule has 19 heavy (non-hydrogen) atoms. The van der Waals surface area contributed by atoms with Gasteiger partial charge < -0.3 is 5.10 Å². The van der Waals surface area contributed by atoms with Crippen molar-refractivity contribution in [3.8, 4) is 0 Å². The van der Waals surface area contributed by atoms with E-state index in [0.717, 1.165) is 0 Å². The first-order valence-electron chi connectivity index (χ1n) is 5.66. The number of carbonyl (C=O) groups is 1. The summed E-state index contributed by atoms with van der Waals surface area (Å²) in [5, 5.41) is 8.85. The summed E-state index contributed by atoms with van der Waals surface area (Å²) >= 11 is 0. The van der Waals surface area contributed by atoms with Gasteiger partial charge in [-0.1, -0.05) is 6.07 Å². The molecule has 0 aliphatic rings. The number of nitrogens with one attached hydrogen (secondary N) is 3. The normalized spacial score (nSPS) is 10.8. The number of rotatable bonds is 4. The van der Waals surface area contributed by atoms with E-state index in [2.05, 4.69) is 25.7 Å². The van der Waals surface area contributed by atoms with Gasteiger partial charge in [0.25, 0.3) is 5.56 Å². The minimum atomic E-state index is -0.361. The van der Waals surface area contributed by atoms with Crippen LogP contribution in [0.3, 0.4) is 0 Å². The van der Waals surface area contributed by atoms with Crippen molar-refractivity contribution < 1.29 is 4.79 Å². The number of hydrazone groups is 1. The Morgan fingerprint density at radius 3 is 2.95 bits per heavy atom. The Labute approximate surface area is 108 Å². The highest BCUT2D eigenvalue weighted by Gasteiger charge is 2.10. The van der Waals surface area contributed by atoms with Gasteiger partial charge in [-0.25, -0.2) is 5.43 Å². The third-order valence-corrected chi connectivity index (χ3v) is 2.50. The van der Waals surface area contributed by atoms with Gasteiger partial charge in [-0.05, 0) is 19.1 Å². The van der Waals surface area contributed by atoms with E-state index in [1.807, 2.05) is 6.07 Å². The van der Waals surface area contributed by atoms with E-state index in [1.54, 1.807) is 25.3 Å². The van der Waals surface area contributed by atoms with E-state index in [0.29, 0.717) is 17.0 Å². The van der Waals surface area contributed by atoms with Crippen molar-refractivity contribution in [2.75, 3.05) is 0 Å². The molecule has 0 spiro atoms. The van der Waals surface area contributed by atoms with Crippen LogP contribution in [0.1, 0.15) is 17.0 Å². The molecule has 0 atom stereocenters. The zero-order valence-corrected chi connectivity index (χ0v) is 10.3. The molecule has 2 aromatic rings. The van der Waals surface area contributed by atoms with Crippen molar-refractivity contribution in [2.45, 2.75) is 13.3 Å². The maximum Gasteiger partial charge on any atom is 0.267 e. The number of hydrogen-bond acceptors (Lipinski definition) is 4. The molecule has 2 rings (SSSR count). The van der Waals surface area contributed by atoms with Crippen LogP contribution in [0, 0.1) is 6.92 Å². The first-order valence-corrected chi connectivity index (χ1v) is 5.66. The summed E-state index contributed by atoms with van der Waals surface area (Å²) in [5.74, 6) is -0.361. The molecule has 0 saturated carbocycles. The van der Waals surface area contributed by atoms with Crippen LogP contribution < -0.4 is 11.0 Å². The van der Waals surface area contributed by atoms with Crippen LogP contribution in [0.4, 0.5) is 0 Å². The summed E-state index contributed by atoms with van der Waals surface area (Å²) < 4.78 is 0. The lowest BCUT2D eigenvalue weighted by Crippen LogP contribution is -2.23. The van der Waals surface area contributed by atoms with Crippen molar-refractivity contribution in [2.24, 2.45) is 5.10 Å². The van der Waals surface area contributed by atoms with Gasteiger partial charge in [0, 0.05) is 17.5 Å². The van der Waals surface area contributed by atoms with Crippen molar-refractivity contribution in [3.05, 3.63) is 51.7 Å². The van der Waals surface area contributed by atoms with Gasteiger partial charge in [0.1, 0.15) is 0 Å². The van der Waals surface area contributed by atoms with Crippen LogP contribution in [0.5, 0.6) is 0 Å². The second kappa shape index (κ2) is 5.76. The van der Waals surface area contributed by atoms with Crippen molar-refractivity contribution in [1.82, 2.24) is 20.6 Å². The fourth-order valence-electron chi connectivity index (χ4n) is 1.51. The highest BCUT2D eigenvalue weighted by atomic mass is 16.2. The van der Waals surface area contributed by atoms with Crippen molar-refractivity contribution in [1.29, 1.82) is 0 Å². The summed E-state index contributed by atoms with van der Waals surface area (Å²) in [6.45, 7) is 1.72. The zero-order chi connectivity index (χ0) is 13.7. The van der Waals surface area contributed by atoms with E-state index < -0.39 is 0 Å². The van der Waals surface area contributed by atoms with E-state index >= 15 is 0 Å². The van der Waals surface area contributed by atoms with E-state index in [9.17, 15) is 9.59 Å². The van der Waals surface area contributed by atoms with Gasteiger partial charge in [-0.3, -0.25) is 19.7 Å². The fraction of sp³-hybridized carbons (Fsp3) is 0.167. The molecule has 1 amide bonds. The lowest BCUT2D eigenvalue weighted by atomic mass is 10.2. The predicted molar refractivity (Wildman–Crippen MR) is 69.8 cm³/mol. The Morgan fingerprint density at radius 1 is 1.47 bits per heavy atom. The maximum absolute atomic E-state index is 11.6. The SMILES string of the molecule is Cc1[nH][nH]c(=O)c1CC(=O)N/N=C/c1ccccn1. The Balaban J connectivity index is 1.92. The number of aryl methyl sites for hydroxylation is 1. The zero-order valence-electron chi connectivity index (χ0n) is 10.3. The molecule has 0 radical (unpaired) electrons. The topological polar surface area (TPSA) is 103 Å². The molecule has 0 aliphatic carbocycles. The van der Waals surface area contributed by atoms with Crippen LogP contribution in [-0.4, -0.2) is 27.3 Å². The second-order valence-corrected chi connectivity index (χ2v) is 3.91.